The number of amides is 1. The van der Waals surface area contributed by atoms with Crippen molar-refractivity contribution >= 4 is 11.7 Å². The molecule has 0 unspecified atom stereocenters. The molecule has 0 aromatic heterocycles. The van der Waals surface area contributed by atoms with E-state index in [2.05, 4.69) is 0 Å². The van der Waals surface area contributed by atoms with Crippen molar-refractivity contribution in [3.8, 4) is 0 Å². The number of nitrogens with two attached hydrogens (primary N) is 1. The van der Waals surface area contributed by atoms with Crippen molar-refractivity contribution in [1.82, 2.24) is 0 Å². The number of carbonyl (C=O) groups is 2. The van der Waals surface area contributed by atoms with Crippen LogP contribution in [0.25, 0.3) is 0 Å². The molecule has 0 spiro atoms. The van der Waals surface area contributed by atoms with E-state index in [1.165, 1.54) is 0 Å². The largest absolute Gasteiger partial charge is 0.380 e. The number of ketones is 1. The summed E-state index contributed by atoms with van der Waals surface area (Å²) in [7, 11) is 0. The maximum absolute atomic E-state index is 11.4. The Balaban J connectivity index is -0.000000616. The third-order valence-electron chi connectivity index (χ3n) is 1.80. The predicted octanol–water partition coefficient (Wildman–Crippen LogP) is 2.16. The van der Waals surface area contributed by atoms with Crippen LogP contribution >= 0.6 is 0 Å². The molecule has 0 saturated heterocycles. The summed E-state index contributed by atoms with van der Waals surface area (Å²) in [6.45, 7) is 10.3. The fourth-order valence-electron chi connectivity index (χ4n) is 0.815. The molecule has 98 valence electrons. The second-order valence-corrected chi connectivity index (χ2v) is 4.25. The minimum absolute atomic E-state index is 0. The zero-order valence-electron chi connectivity index (χ0n) is 11.1. The van der Waals surface area contributed by atoms with Crippen molar-refractivity contribution in [2.24, 2.45) is 11.1 Å². The summed E-state index contributed by atoms with van der Waals surface area (Å²) in [5.74, 6) is -0.219. The summed E-state index contributed by atoms with van der Waals surface area (Å²) in [4.78, 5) is 21.7. The van der Waals surface area contributed by atoms with Crippen molar-refractivity contribution in [2.75, 3.05) is 13.2 Å². The number of hydrogen-bond acceptors (Lipinski definition) is 3. The van der Waals surface area contributed by atoms with Crippen LogP contribution in [0.1, 0.15) is 48.9 Å². The van der Waals surface area contributed by atoms with E-state index in [1.54, 1.807) is 0 Å². The van der Waals surface area contributed by atoms with Gasteiger partial charge in [-0.1, -0.05) is 34.6 Å². The first-order valence-corrected chi connectivity index (χ1v) is 5.73. The summed E-state index contributed by atoms with van der Waals surface area (Å²) in [6.07, 6.45) is 0.603. The molecule has 0 atom stereocenters. The zero-order valence-corrected chi connectivity index (χ0v) is 11.1. The number of ether oxygens (including phenoxy) is 1. The Labute approximate surface area is 100 Å². The number of Topliss-reactive ketones (excluding diaryl/α,β-unsaturated/α-hetero) is 1. The minimum Gasteiger partial charge on any atom is -0.380 e. The highest BCUT2D eigenvalue weighted by atomic mass is 16.5. The maximum atomic E-state index is 11.4. The van der Waals surface area contributed by atoms with Crippen molar-refractivity contribution in [3.05, 3.63) is 0 Å². The van der Waals surface area contributed by atoms with Gasteiger partial charge < -0.3 is 10.5 Å². The molecular weight excluding hydrogens is 206 g/mol. The molecule has 4 nitrogen and oxygen atoms in total. The molecule has 0 aliphatic carbocycles. The van der Waals surface area contributed by atoms with Gasteiger partial charge in [-0.2, -0.15) is 0 Å². The molecule has 0 rings (SSSR count). The van der Waals surface area contributed by atoms with Gasteiger partial charge in [0.1, 0.15) is 5.78 Å². The molecular formula is C12H27NO3. The van der Waals surface area contributed by atoms with Crippen LogP contribution in [0.5, 0.6) is 0 Å². The summed E-state index contributed by atoms with van der Waals surface area (Å²) in [5, 5.41) is 0. The van der Waals surface area contributed by atoms with E-state index in [1.807, 2.05) is 34.6 Å². The van der Waals surface area contributed by atoms with E-state index in [4.69, 9.17) is 10.5 Å². The molecule has 0 aromatic carbocycles. The Morgan fingerprint density at radius 1 is 1.12 bits per heavy atom. The molecule has 0 fully saturated rings. The van der Waals surface area contributed by atoms with Crippen LogP contribution in [0.4, 0.5) is 0 Å². The van der Waals surface area contributed by atoms with E-state index >= 15 is 0 Å². The molecule has 0 aromatic rings. The van der Waals surface area contributed by atoms with E-state index in [9.17, 15) is 9.59 Å². The number of hydrogen-bond donors (Lipinski definition) is 1. The highest BCUT2D eigenvalue weighted by Crippen LogP contribution is 2.16. The van der Waals surface area contributed by atoms with Gasteiger partial charge in [0.25, 0.3) is 0 Å². The molecule has 0 radical (unpaired) electrons. The number of carbonyl (C=O) groups excluding carboxylic acids is 2. The van der Waals surface area contributed by atoms with Crippen LogP contribution in [-0.4, -0.2) is 24.9 Å². The van der Waals surface area contributed by atoms with Crippen molar-refractivity contribution < 1.29 is 15.8 Å². The van der Waals surface area contributed by atoms with E-state index < -0.39 is 0 Å². The van der Waals surface area contributed by atoms with Crippen LogP contribution in [-0.2, 0) is 14.3 Å². The Hall–Kier alpha value is -0.900. The quantitative estimate of drug-likeness (QED) is 0.715. The monoisotopic (exact) mass is 233 g/mol. The van der Waals surface area contributed by atoms with Gasteiger partial charge in [0.15, 0.2) is 0 Å². The molecule has 4 heteroatoms. The average molecular weight is 233 g/mol. The van der Waals surface area contributed by atoms with Crippen LogP contribution in [0, 0.1) is 5.41 Å². The topological polar surface area (TPSA) is 69.4 Å². The van der Waals surface area contributed by atoms with E-state index in [0.29, 0.717) is 19.6 Å². The SMILES string of the molecule is CC.CC(C)(C)C(=O)CCOCCC(N)=O.[HH]. The molecule has 2 N–H and O–H groups in total. The highest BCUT2D eigenvalue weighted by molar-refractivity contribution is 5.83. The predicted molar refractivity (Wildman–Crippen MR) is 67.2 cm³/mol. The van der Waals surface area contributed by atoms with Gasteiger partial charge in [0.2, 0.25) is 5.91 Å². The zero-order chi connectivity index (χ0) is 13.2. The van der Waals surface area contributed by atoms with Crippen LogP contribution < -0.4 is 5.73 Å². The lowest BCUT2D eigenvalue weighted by molar-refractivity contribution is -0.127. The van der Waals surface area contributed by atoms with Gasteiger partial charge >= 0.3 is 0 Å². The van der Waals surface area contributed by atoms with Gasteiger partial charge in [0.05, 0.1) is 13.2 Å². The third kappa shape index (κ3) is 11.2. The van der Waals surface area contributed by atoms with Crippen molar-refractivity contribution in [3.63, 3.8) is 0 Å². The molecule has 0 heterocycles. The third-order valence-corrected chi connectivity index (χ3v) is 1.80. The molecule has 16 heavy (non-hydrogen) atoms. The second-order valence-electron chi connectivity index (χ2n) is 4.25. The fraction of sp³-hybridized carbons (Fsp3) is 0.833. The minimum atomic E-state index is -0.382. The fourth-order valence-corrected chi connectivity index (χ4v) is 0.815. The Morgan fingerprint density at radius 2 is 1.56 bits per heavy atom. The molecule has 0 saturated carbocycles. The van der Waals surface area contributed by atoms with Crippen LogP contribution in [0.15, 0.2) is 0 Å². The second kappa shape index (κ2) is 9.33. The Kier molecular flexibility index (Phi) is 10.2. The van der Waals surface area contributed by atoms with Gasteiger partial charge in [-0.05, 0) is 0 Å². The van der Waals surface area contributed by atoms with E-state index in [-0.39, 0.29) is 25.0 Å². The lowest BCUT2D eigenvalue weighted by atomic mass is 9.89. The standard InChI is InChI=1S/C10H19NO3.C2H6.H2/c1-10(2,3)8(12)4-6-14-7-5-9(11)13;1-2;/h4-7H2,1-3H3,(H2,11,13);1-2H3;1H. The molecule has 0 bridgehead atoms. The first-order valence-electron chi connectivity index (χ1n) is 5.73. The lowest BCUT2D eigenvalue weighted by Gasteiger charge is -2.16. The molecule has 0 aliphatic rings. The lowest BCUT2D eigenvalue weighted by Crippen LogP contribution is -2.22. The first-order chi connectivity index (χ1) is 7.34. The summed E-state index contributed by atoms with van der Waals surface area (Å²) in [5.41, 5.74) is 4.61. The summed E-state index contributed by atoms with van der Waals surface area (Å²) < 4.78 is 5.09. The van der Waals surface area contributed by atoms with Gasteiger partial charge in [-0.25, -0.2) is 0 Å². The smallest absolute Gasteiger partial charge is 0.219 e. The number of rotatable bonds is 6. The summed E-state index contributed by atoms with van der Waals surface area (Å²) in [6, 6.07) is 0. The number of primary amides is 1. The molecule has 1 amide bonds. The Bertz CT molecular complexity index is 212. The van der Waals surface area contributed by atoms with Crippen molar-refractivity contribution in [1.29, 1.82) is 0 Å². The first kappa shape index (κ1) is 17.5. The van der Waals surface area contributed by atoms with E-state index in [0.717, 1.165) is 0 Å². The summed E-state index contributed by atoms with van der Waals surface area (Å²) >= 11 is 0. The van der Waals surface area contributed by atoms with Gasteiger partial charge in [0, 0.05) is 19.7 Å². The van der Waals surface area contributed by atoms with Crippen LogP contribution in [0.3, 0.4) is 0 Å². The Morgan fingerprint density at radius 3 is 1.94 bits per heavy atom. The normalized spacial score (nSPS) is 10.3. The average Bonchev–Trinajstić information content (AvgIpc) is 2.18. The van der Waals surface area contributed by atoms with Crippen molar-refractivity contribution in [2.45, 2.75) is 47.5 Å². The van der Waals surface area contributed by atoms with Crippen LogP contribution in [0.2, 0.25) is 0 Å². The van der Waals surface area contributed by atoms with Gasteiger partial charge in [-0.15, -0.1) is 0 Å². The molecule has 0 aliphatic heterocycles. The highest BCUT2D eigenvalue weighted by Gasteiger charge is 2.20. The maximum Gasteiger partial charge on any atom is 0.219 e. The van der Waals surface area contributed by atoms with Gasteiger partial charge in [-0.3, -0.25) is 9.59 Å².